The summed E-state index contributed by atoms with van der Waals surface area (Å²) in [6.45, 7) is -0.522. The van der Waals surface area contributed by atoms with Crippen LogP contribution < -0.4 is 14.8 Å². The van der Waals surface area contributed by atoms with Crippen molar-refractivity contribution in [1.29, 1.82) is 0 Å². The van der Waals surface area contributed by atoms with Gasteiger partial charge in [-0.2, -0.15) is 0 Å². The van der Waals surface area contributed by atoms with Crippen LogP contribution in [0.15, 0.2) is 47.4 Å². The molecule has 0 spiro atoms. The number of anilines is 1. The molecule has 2 aromatic carbocycles. The van der Waals surface area contributed by atoms with E-state index in [1.165, 1.54) is 38.5 Å². The zero-order valence-corrected chi connectivity index (χ0v) is 16.4. The van der Waals surface area contributed by atoms with Crippen molar-refractivity contribution in [1.82, 2.24) is 4.90 Å². The molecule has 1 heterocycles. The van der Waals surface area contributed by atoms with Gasteiger partial charge in [-0.15, -0.1) is 0 Å². The Morgan fingerprint density at radius 3 is 2.62 bits per heavy atom. The van der Waals surface area contributed by atoms with Crippen LogP contribution in [0, 0.1) is 5.82 Å². The van der Waals surface area contributed by atoms with Gasteiger partial charge in [0.15, 0.2) is 0 Å². The lowest BCUT2D eigenvalue weighted by Crippen LogP contribution is -2.36. The van der Waals surface area contributed by atoms with Gasteiger partial charge in [0, 0.05) is 5.56 Å². The second kappa shape index (κ2) is 8.78. The Hall–Kier alpha value is -3.33. The number of nitrogens with zero attached hydrogens (tertiary/aromatic N) is 1. The first-order valence-electron chi connectivity index (χ1n) is 8.44. The number of imide groups is 1. The summed E-state index contributed by atoms with van der Waals surface area (Å²) in [5.74, 6) is -0.860. The topological polar surface area (TPSA) is 84.9 Å². The van der Waals surface area contributed by atoms with E-state index >= 15 is 0 Å². The lowest BCUT2D eigenvalue weighted by atomic mass is 10.1. The van der Waals surface area contributed by atoms with Crippen LogP contribution in [-0.4, -0.2) is 42.7 Å². The second-order valence-corrected chi connectivity index (χ2v) is 6.90. The normalized spacial score (nSPS) is 15.0. The van der Waals surface area contributed by atoms with Gasteiger partial charge >= 0.3 is 0 Å². The molecule has 0 unspecified atom stereocenters. The highest BCUT2D eigenvalue weighted by atomic mass is 32.2. The van der Waals surface area contributed by atoms with Crippen molar-refractivity contribution in [3.63, 3.8) is 0 Å². The molecule has 1 fully saturated rings. The average molecular weight is 416 g/mol. The molecule has 150 valence electrons. The maximum atomic E-state index is 13.7. The Kier molecular flexibility index (Phi) is 6.18. The highest BCUT2D eigenvalue weighted by Gasteiger charge is 2.36. The molecule has 0 atom stereocenters. The average Bonchev–Trinajstić information content (AvgIpc) is 2.97. The number of halogens is 1. The van der Waals surface area contributed by atoms with Crippen molar-refractivity contribution in [3.8, 4) is 11.5 Å². The van der Waals surface area contributed by atoms with E-state index in [1.807, 2.05) is 0 Å². The fraction of sp³-hybridized carbons (Fsp3) is 0.150. The Morgan fingerprint density at radius 2 is 1.93 bits per heavy atom. The maximum Gasteiger partial charge on any atom is 0.294 e. The lowest BCUT2D eigenvalue weighted by Gasteiger charge is -2.12. The quantitative estimate of drug-likeness (QED) is 0.726. The molecule has 2 aromatic rings. The van der Waals surface area contributed by atoms with Crippen LogP contribution in [-0.2, 0) is 9.59 Å². The first-order chi connectivity index (χ1) is 13.9. The van der Waals surface area contributed by atoms with Crippen LogP contribution in [0.25, 0.3) is 6.08 Å². The molecule has 0 aromatic heterocycles. The number of carbonyl (C=O) groups is 3. The van der Waals surface area contributed by atoms with Crippen LogP contribution in [0.1, 0.15) is 5.56 Å². The summed E-state index contributed by atoms with van der Waals surface area (Å²) in [6, 6.07) is 10.7. The molecule has 3 amide bonds. The molecule has 0 radical (unpaired) electrons. The van der Waals surface area contributed by atoms with Gasteiger partial charge in [-0.25, -0.2) is 4.39 Å². The highest BCUT2D eigenvalue weighted by molar-refractivity contribution is 8.18. The SMILES string of the molecule is COc1ccc(OC)c(/C=C2\SC(=O)N(CC(=O)Nc3ccccc3F)C2=O)c1. The number of nitrogens with one attached hydrogen (secondary N) is 1. The van der Waals surface area contributed by atoms with Gasteiger partial charge in [-0.05, 0) is 48.2 Å². The van der Waals surface area contributed by atoms with Crippen molar-refractivity contribution < 1.29 is 28.2 Å². The molecule has 1 saturated heterocycles. The van der Waals surface area contributed by atoms with Crippen LogP contribution in [0.3, 0.4) is 0 Å². The number of methoxy groups -OCH3 is 2. The van der Waals surface area contributed by atoms with E-state index < -0.39 is 29.4 Å². The number of hydrogen-bond acceptors (Lipinski definition) is 6. The van der Waals surface area contributed by atoms with Crippen molar-refractivity contribution in [2.45, 2.75) is 0 Å². The molecule has 29 heavy (non-hydrogen) atoms. The van der Waals surface area contributed by atoms with Crippen LogP contribution in [0.2, 0.25) is 0 Å². The van der Waals surface area contributed by atoms with Crippen LogP contribution in [0.5, 0.6) is 11.5 Å². The van der Waals surface area contributed by atoms with Crippen molar-refractivity contribution >= 4 is 40.6 Å². The number of hydrogen-bond donors (Lipinski definition) is 1. The number of ether oxygens (including phenoxy) is 2. The summed E-state index contributed by atoms with van der Waals surface area (Å²) in [4.78, 5) is 38.0. The van der Waals surface area contributed by atoms with Crippen LogP contribution in [0.4, 0.5) is 14.9 Å². The van der Waals surface area contributed by atoms with E-state index in [-0.39, 0.29) is 10.6 Å². The summed E-state index contributed by atoms with van der Waals surface area (Å²) < 4.78 is 24.1. The third-order valence-corrected chi connectivity index (χ3v) is 4.95. The van der Waals surface area contributed by atoms with Gasteiger partial charge < -0.3 is 14.8 Å². The molecule has 9 heteroatoms. The molecule has 7 nitrogen and oxygen atoms in total. The zero-order chi connectivity index (χ0) is 21.0. The first kappa shape index (κ1) is 20.4. The Bertz CT molecular complexity index is 1010. The third-order valence-electron chi connectivity index (χ3n) is 4.05. The van der Waals surface area contributed by atoms with Crippen molar-refractivity contribution in [2.24, 2.45) is 0 Å². The van der Waals surface area contributed by atoms with Gasteiger partial charge in [0.25, 0.3) is 11.1 Å². The molecule has 1 aliphatic rings. The standard InChI is InChI=1S/C20H17FN2O5S/c1-27-13-7-8-16(28-2)12(9-13)10-17-19(25)23(20(26)29-17)11-18(24)22-15-6-4-3-5-14(15)21/h3-10H,11H2,1-2H3,(H,22,24)/b17-10-. The first-order valence-corrected chi connectivity index (χ1v) is 9.26. The molecule has 0 bridgehead atoms. The number of carbonyl (C=O) groups excluding carboxylic acids is 3. The number of para-hydroxylation sites is 1. The molecule has 1 N–H and O–H groups in total. The molecule has 0 aliphatic carbocycles. The summed E-state index contributed by atoms with van der Waals surface area (Å²) >= 11 is 0.709. The van der Waals surface area contributed by atoms with E-state index in [9.17, 15) is 18.8 Å². The Labute approximate surface area is 170 Å². The van der Waals surface area contributed by atoms with Gasteiger partial charge in [0.1, 0.15) is 23.9 Å². The fourth-order valence-electron chi connectivity index (χ4n) is 2.63. The van der Waals surface area contributed by atoms with Crippen LogP contribution >= 0.6 is 11.8 Å². The zero-order valence-electron chi connectivity index (χ0n) is 15.6. The van der Waals surface area contributed by atoms with E-state index in [0.29, 0.717) is 28.8 Å². The molecule has 0 saturated carbocycles. The molecule has 3 rings (SSSR count). The predicted octanol–water partition coefficient (Wildman–Crippen LogP) is 3.52. The summed E-state index contributed by atoms with van der Waals surface area (Å²) in [7, 11) is 2.99. The van der Waals surface area contributed by atoms with E-state index in [0.717, 1.165) is 4.90 Å². The van der Waals surface area contributed by atoms with Gasteiger partial charge in [0.2, 0.25) is 5.91 Å². The van der Waals surface area contributed by atoms with Gasteiger partial charge in [0.05, 0.1) is 24.8 Å². The summed E-state index contributed by atoms with van der Waals surface area (Å²) in [5, 5.41) is 1.76. The minimum atomic E-state index is -0.683. The maximum absolute atomic E-state index is 13.7. The summed E-state index contributed by atoms with van der Waals surface area (Å²) in [5.41, 5.74) is 0.522. The number of thioether (sulfide) groups is 1. The smallest absolute Gasteiger partial charge is 0.294 e. The van der Waals surface area contributed by atoms with Crippen molar-refractivity contribution in [2.75, 3.05) is 26.1 Å². The third kappa shape index (κ3) is 4.57. The second-order valence-electron chi connectivity index (χ2n) is 5.90. The van der Waals surface area contributed by atoms with E-state index in [2.05, 4.69) is 5.32 Å². The van der Waals surface area contributed by atoms with Gasteiger partial charge in [-0.1, -0.05) is 12.1 Å². The number of benzene rings is 2. The number of amides is 3. The van der Waals surface area contributed by atoms with E-state index in [4.69, 9.17) is 9.47 Å². The summed E-state index contributed by atoms with van der Waals surface area (Å²) in [6.07, 6.45) is 1.50. The fourth-order valence-corrected chi connectivity index (χ4v) is 3.45. The number of rotatable bonds is 6. The Morgan fingerprint density at radius 1 is 1.17 bits per heavy atom. The molecule has 1 aliphatic heterocycles. The Balaban J connectivity index is 1.77. The monoisotopic (exact) mass is 416 g/mol. The van der Waals surface area contributed by atoms with Crippen molar-refractivity contribution in [3.05, 3.63) is 58.8 Å². The minimum absolute atomic E-state index is 0.0267. The van der Waals surface area contributed by atoms with Gasteiger partial charge in [-0.3, -0.25) is 19.3 Å². The molecular weight excluding hydrogens is 399 g/mol. The highest BCUT2D eigenvalue weighted by Crippen LogP contribution is 2.35. The largest absolute Gasteiger partial charge is 0.497 e. The predicted molar refractivity (Wildman–Crippen MR) is 107 cm³/mol. The van der Waals surface area contributed by atoms with E-state index in [1.54, 1.807) is 24.3 Å². The lowest BCUT2D eigenvalue weighted by molar-refractivity contribution is -0.127. The molecular formula is C20H17FN2O5S. The minimum Gasteiger partial charge on any atom is -0.497 e.